The van der Waals surface area contributed by atoms with E-state index in [2.05, 4.69) is 13.8 Å². The summed E-state index contributed by atoms with van der Waals surface area (Å²) in [6, 6.07) is 7.37. The standard InChI is InChI=1S/C12H14Cl2O2/c1-3-8(2)9-4-6-10(7-5-9)16-12(15)11(13)14/h4-8,11H,3H2,1-2H3. The summed E-state index contributed by atoms with van der Waals surface area (Å²) in [4.78, 5) is 9.96. The molecule has 1 aromatic carbocycles. The van der Waals surface area contributed by atoms with Crippen molar-refractivity contribution in [2.75, 3.05) is 0 Å². The van der Waals surface area contributed by atoms with Crippen LogP contribution in [0.15, 0.2) is 24.3 Å². The normalized spacial score (nSPS) is 12.6. The Kier molecular flexibility index (Phi) is 5.10. The molecule has 0 spiro atoms. The van der Waals surface area contributed by atoms with Gasteiger partial charge >= 0.3 is 5.97 Å². The summed E-state index contributed by atoms with van der Waals surface area (Å²) in [7, 11) is 0. The SMILES string of the molecule is CCC(C)c1ccc(OC(=O)C(Cl)Cl)cc1. The average Bonchev–Trinajstić information content (AvgIpc) is 2.28. The van der Waals surface area contributed by atoms with E-state index in [1.165, 1.54) is 5.56 Å². The molecule has 0 radical (unpaired) electrons. The van der Waals surface area contributed by atoms with Crippen LogP contribution in [0.2, 0.25) is 0 Å². The van der Waals surface area contributed by atoms with Crippen LogP contribution in [0.3, 0.4) is 0 Å². The third-order valence-corrected chi connectivity index (χ3v) is 2.81. The molecular weight excluding hydrogens is 247 g/mol. The van der Waals surface area contributed by atoms with Crippen molar-refractivity contribution in [3.05, 3.63) is 29.8 Å². The summed E-state index contributed by atoms with van der Waals surface area (Å²) in [5, 5.41) is 0. The highest BCUT2D eigenvalue weighted by Gasteiger charge is 2.14. The molecule has 0 saturated carbocycles. The molecular formula is C12H14Cl2O2. The number of hydrogen-bond acceptors (Lipinski definition) is 2. The zero-order valence-corrected chi connectivity index (χ0v) is 10.8. The quantitative estimate of drug-likeness (QED) is 0.466. The lowest BCUT2D eigenvalue weighted by molar-refractivity contribution is -0.132. The minimum atomic E-state index is -1.14. The van der Waals surface area contributed by atoms with Crippen LogP contribution in [-0.2, 0) is 4.79 Å². The molecule has 0 N–H and O–H groups in total. The fourth-order valence-electron chi connectivity index (χ4n) is 1.26. The summed E-state index contributed by atoms with van der Waals surface area (Å²) in [6.45, 7) is 4.28. The van der Waals surface area contributed by atoms with E-state index in [1.54, 1.807) is 12.1 Å². The Morgan fingerprint density at radius 2 is 1.88 bits per heavy atom. The van der Waals surface area contributed by atoms with E-state index in [1.807, 2.05) is 12.1 Å². The zero-order valence-electron chi connectivity index (χ0n) is 9.24. The van der Waals surface area contributed by atoms with Crippen molar-refractivity contribution in [1.82, 2.24) is 0 Å². The molecule has 16 heavy (non-hydrogen) atoms. The number of carbonyl (C=O) groups is 1. The minimum absolute atomic E-state index is 0.461. The zero-order chi connectivity index (χ0) is 12.1. The molecule has 0 saturated heterocycles. The maximum Gasteiger partial charge on any atom is 0.344 e. The molecule has 1 atom stereocenters. The Bertz CT molecular complexity index is 347. The molecule has 1 rings (SSSR count). The van der Waals surface area contributed by atoms with Crippen molar-refractivity contribution in [2.45, 2.75) is 31.0 Å². The fraction of sp³-hybridized carbons (Fsp3) is 0.417. The molecule has 0 aromatic heterocycles. The lowest BCUT2D eigenvalue weighted by Gasteiger charge is -2.10. The number of carbonyl (C=O) groups excluding carboxylic acids is 1. The van der Waals surface area contributed by atoms with Gasteiger partial charge in [0.1, 0.15) is 5.75 Å². The maximum atomic E-state index is 11.1. The second-order valence-electron chi connectivity index (χ2n) is 3.60. The number of esters is 1. The highest BCUT2D eigenvalue weighted by molar-refractivity contribution is 6.53. The molecule has 4 heteroatoms. The van der Waals surface area contributed by atoms with Crippen molar-refractivity contribution < 1.29 is 9.53 Å². The summed E-state index contributed by atoms with van der Waals surface area (Å²) in [6.07, 6.45) is 1.07. The summed E-state index contributed by atoms with van der Waals surface area (Å²) < 4.78 is 4.94. The molecule has 1 aromatic rings. The van der Waals surface area contributed by atoms with E-state index < -0.39 is 10.8 Å². The molecule has 0 heterocycles. The number of ether oxygens (including phenoxy) is 1. The van der Waals surface area contributed by atoms with E-state index in [9.17, 15) is 4.79 Å². The Labute approximate surface area is 106 Å². The van der Waals surface area contributed by atoms with Gasteiger partial charge in [0.15, 0.2) is 0 Å². The third kappa shape index (κ3) is 3.69. The third-order valence-electron chi connectivity index (χ3n) is 2.46. The monoisotopic (exact) mass is 260 g/mol. The minimum Gasteiger partial charge on any atom is -0.425 e. The Morgan fingerprint density at radius 1 is 1.31 bits per heavy atom. The van der Waals surface area contributed by atoms with Crippen LogP contribution < -0.4 is 4.74 Å². The lowest BCUT2D eigenvalue weighted by Crippen LogP contribution is -2.15. The van der Waals surface area contributed by atoms with Gasteiger partial charge in [-0.2, -0.15) is 0 Å². The van der Waals surface area contributed by atoms with Gasteiger partial charge in [-0.15, -0.1) is 0 Å². The van der Waals surface area contributed by atoms with E-state index in [-0.39, 0.29) is 0 Å². The Balaban J connectivity index is 2.68. The van der Waals surface area contributed by atoms with Gasteiger partial charge in [-0.25, -0.2) is 4.79 Å². The molecule has 0 fully saturated rings. The van der Waals surface area contributed by atoms with Crippen molar-refractivity contribution in [1.29, 1.82) is 0 Å². The first-order valence-corrected chi connectivity index (χ1v) is 6.01. The molecule has 0 amide bonds. The van der Waals surface area contributed by atoms with Gasteiger partial charge in [0.2, 0.25) is 4.84 Å². The van der Waals surface area contributed by atoms with Gasteiger partial charge in [-0.1, -0.05) is 49.2 Å². The topological polar surface area (TPSA) is 26.3 Å². The first kappa shape index (κ1) is 13.3. The van der Waals surface area contributed by atoms with Crippen LogP contribution >= 0.6 is 23.2 Å². The van der Waals surface area contributed by atoms with Crippen LogP contribution in [0.25, 0.3) is 0 Å². The highest BCUT2D eigenvalue weighted by Crippen LogP contribution is 2.22. The fourth-order valence-corrected chi connectivity index (χ4v) is 1.35. The first-order chi connectivity index (χ1) is 7.54. The average molecular weight is 261 g/mol. The second kappa shape index (κ2) is 6.12. The summed E-state index contributed by atoms with van der Waals surface area (Å²) in [5.74, 6) is 0.307. The van der Waals surface area contributed by atoms with Gasteiger partial charge in [0.25, 0.3) is 0 Å². The van der Waals surface area contributed by atoms with Crippen LogP contribution in [0.4, 0.5) is 0 Å². The van der Waals surface area contributed by atoms with Crippen LogP contribution in [-0.4, -0.2) is 10.8 Å². The van der Waals surface area contributed by atoms with Crippen molar-refractivity contribution in [3.8, 4) is 5.75 Å². The molecule has 2 nitrogen and oxygen atoms in total. The predicted octanol–water partition coefficient (Wildman–Crippen LogP) is 3.91. The summed E-state index contributed by atoms with van der Waals surface area (Å²) >= 11 is 10.7. The molecule has 1 unspecified atom stereocenters. The van der Waals surface area contributed by atoms with Gasteiger partial charge < -0.3 is 4.74 Å². The molecule has 0 aliphatic rings. The number of benzene rings is 1. The Morgan fingerprint density at radius 3 is 2.31 bits per heavy atom. The van der Waals surface area contributed by atoms with E-state index in [0.29, 0.717) is 11.7 Å². The predicted molar refractivity (Wildman–Crippen MR) is 66.3 cm³/mol. The maximum absolute atomic E-state index is 11.1. The highest BCUT2D eigenvalue weighted by atomic mass is 35.5. The van der Waals surface area contributed by atoms with E-state index >= 15 is 0 Å². The second-order valence-corrected chi connectivity index (χ2v) is 4.70. The Hall–Kier alpha value is -0.730. The van der Waals surface area contributed by atoms with E-state index in [4.69, 9.17) is 27.9 Å². The lowest BCUT2D eigenvalue weighted by atomic mass is 9.99. The largest absolute Gasteiger partial charge is 0.425 e. The van der Waals surface area contributed by atoms with Crippen LogP contribution in [0.5, 0.6) is 5.75 Å². The van der Waals surface area contributed by atoms with Gasteiger partial charge in [-0.05, 0) is 30.0 Å². The van der Waals surface area contributed by atoms with Gasteiger partial charge in [0, 0.05) is 0 Å². The number of alkyl halides is 2. The number of rotatable bonds is 4. The number of halogens is 2. The summed E-state index contributed by atoms with van der Waals surface area (Å²) in [5.41, 5.74) is 1.22. The van der Waals surface area contributed by atoms with Gasteiger partial charge in [-0.3, -0.25) is 0 Å². The van der Waals surface area contributed by atoms with Crippen molar-refractivity contribution >= 4 is 29.2 Å². The van der Waals surface area contributed by atoms with Crippen LogP contribution in [0, 0.1) is 0 Å². The number of hydrogen-bond donors (Lipinski definition) is 0. The van der Waals surface area contributed by atoms with Crippen molar-refractivity contribution in [3.63, 3.8) is 0 Å². The van der Waals surface area contributed by atoms with E-state index in [0.717, 1.165) is 6.42 Å². The molecule has 0 bridgehead atoms. The van der Waals surface area contributed by atoms with Crippen LogP contribution in [0.1, 0.15) is 31.7 Å². The smallest absolute Gasteiger partial charge is 0.344 e. The molecule has 88 valence electrons. The van der Waals surface area contributed by atoms with Gasteiger partial charge in [0.05, 0.1) is 0 Å². The molecule has 0 aliphatic heterocycles. The molecule has 0 aliphatic carbocycles. The van der Waals surface area contributed by atoms with Crippen molar-refractivity contribution in [2.24, 2.45) is 0 Å². The first-order valence-electron chi connectivity index (χ1n) is 5.14.